The van der Waals surface area contributed by atoms with E-state index in [2.05, 4.69) is 32.8 Å². The molecule has 1 unspecified atom stereocenters. The first kappa shape index (κ1) is 75.0. The number of Topliss-reactive ketones (excluding diaryl/α,β-unsaturated/α-hetero) is 2. The van der Waals surface area contributed by atoms with Crippen LogP contribution in [0.4, 0.5) is 9.59 Å². The summed E-state index contributed by atoms with van der Waals surface area (Å²) < 4.78 is 28.2. The van der Waals surface area contributed by atoms with E-state index in [0.717, 1.165) is 64.8 Å². The molecule has 12 rings (SSSR count). The number of ketones is 2. The Labute approximate surface area is 596 Å². The van der Waals surface area contributed by atoms with Crippen LogP contribution in [0.15, 0.2) is 113 Å². The zero-order valence-corrected chi connectivity index (χ0v) is 60.5. The first-order valence-corrected chi connectivity index (χ1v) is 37.1. The highest BCUT2D eigenvalue weighted by Crippen LogP contribution is 2.59. The molecule has 4 amide bonds. The van der Waals surface area contributed by atoms with Crippen LogP contribution in [-0.2, 0) is 47.7 Å². The number of H-pyrrole nitrogens is 1. The summed E-state index contributed by atoms with van der Waals surface area (Å²) in [6.07, 6.45) is 14.0. The molecule has 2 saturated carbocycles. The first-order chi connectivity index (χ1) is 48.3. The summed E-state index contributed by atoms with van der Waals surface area (Å²) in [4.78, 5) is 141. The predicted molar refractivity (Wildman–Crippen MR) is 384 cm³/mol. The maximum Gasteiger partial charge on any atom is 0.408 e. The fourth-order valence-electron chi connectivity index (χ4n) is 13.7. The van der Waals surface area contributed by atoms with Crippen LogP contribution in [0.25, 0.3) is 43.2 Å². The summed E-state index contributed by atoms with van der Waals surface area (Å²) in [6, 6.07) is 19.3. The van der Waals surface area contributed by atoms with Gasteiger partial charge in [0.25, 0.3) is 5.56 Å². The van der Waals surface area contributed by atoms with E-state index in [4.69, 9.17) is 33.7 Å². The topological polar surface area (TPSA) is 305 Å². The summed E-state index contributed by atoms with van der Waals surface area (Å²) in [5, 5.41) is 19.7. The number of amides is 4. The lowest BCUT2D eigenvalue weighted by atomic mass is 9.91. The van der Waals surface area contributed by atoms with Gasteiger partial charge in [0.1, 0.15) is 40.8 Å². The number of ether oxygens (including phenoxy) is 5. The third-order valence-electron chi connectivity index (χ3n) is 18.8. The van der Waals surface area contributed by atoms with E-state index in [-0.39, 0.29) is 98.8 Å². The highest BCUT2D eigenvalue weighted by atomic mass is 32.1. The van der Waals surface area contributed by atoms with E-state index in [1.54, 1.807) is 55.4 Å². The van der Waals surface area contributed by atoms with Crippen molar-refractivity contribution in [1.82, 2.24) is 40.4 Å². The second-order valence-electron chi connectivity index (χ2n) is 28.8. The molecule has 10 atom stereocenters. The van der Waals surface area contributed by atoms with Gasteiger partial charge in [-0.2, -0.15) is 0 Å². The number of benzene rings is 2. The van der Waals surface area contributed by atoms with Crippen LogP contribution in [-0.4, -0.2) is 156 Å². The number of hydrogen-bond donors (Lipinski definition) is 4. The molecule has 4 aliphatic heterocycles. The van der Waals surface area contributed by atoms with E-state index >= 15 is 0 Å². The standard InChI is InChI=1S/C38H46N4O7S.C26H40N2O7.C12H8N2OS/c1-5-47-35(45)38-21-24(38)14-9-7-6-8-10-17-28(41-36(46)49-37(2,3)4)34(44)42-23-25(20-29(42)30(43)22-38)48-33-32(31-18-13-19-50-31)39-26-15-11-12-16-27(26)40-33;1-5-34-23(32)26-14-17(26)11-9-7-6-8-10-12-19(27-24(33)35-25(2,3)4)22(31)28-16-18(29)13-20(28)21(30)15-26;15-12-11(10-6-3-7-16-10)13-8-4-1-2-5-9(8)14-12/h9,11-16,18-19,24-25,28-29H,5-8,10,17,20-23H2,1-4H3,(H,41,46);9,11,17-20,29H,5-8,10,12-16H2,1-4H3,(H,27,33);1-7H,(H,14,15)/b14-9-;11-9-;/t24-,25?,28+,29+,38-;17-,18+,19+,20+,26-;/m11./s1. The molecule has 4 fully saturated rings. The van der Waals surface area contributed by atoms with Gasteiger partial charge in [0.15, 0.2) is 11.6 Å². The molecule has 0 spiro atoms. The fourth-order valence-corrected chi connectivity index (χ4v) is 15.1. The van der Waals surface area contributed by atoms with Crippen LogP contribution in [0.1, 0.15) is 158 Å². The molecule has 6 aliphatic rings. The van der Waals surface area contributed by atoms with E-state index < -0.39 is 76.5 Å². The average Bonchev–Trinajstić information content (AvgIpc) is 1.58. The monoisotopic (exact) mass is 1420 g/mol. The first-order valence-electron chi connectivity index (χ1n) is 35.3. The van der Waals surface area contributed by atoms with Gasteiger partial charge in [-0.15, -0.1) is 22.7 Å². The van der Waals surface area contributed by atoms with Gasteiger partial charge in [-0.3, -0.25) is 33.6 Å². The van der Waals surface area contributed by atoms with Crippen molar-refractivity contribution in [3.05, 3.63) is 118 Å². The molecule has 0 radical (unpaired) electrons. The second kappa shape index (κ2) is 33.0. The van der Waals surface area contributed by atoms with E-state index in [9.17, 15) is 48.3 Å². The van der Waals surface area contributed by atoms with Gasteiger partial charge in [-0.1, -0.05) is 86.4 Å². The van der Waals surface area contributed by atoms with Crippen molar-refractivity contribution in [2.45, 2.75) is 206 Å². The molecule has 2 saturated heterocycles. The van der Waals surface area contributed by atoms with Gasteiger partial charge in [-0.25, -0.2) is 24.5 Å². The van der Waals surface area contributed by atoms with Gasteiger partial charge in [0.2, 0.25) is 17.7 Å². The van der Waals surface area contributed by atoms with Crippen molar-refractivity contribution < 1.29 is 67.1 Å². The molecule has 4 aromatic heterocycles. The molecular weight excluding hydrogens is 1330 g/mol. The van der Waals surface area contributed by atoms with Crippen molar-refractivity contribution in [2.24, 2.45) is 22.7 Å². The molecule has 0 bridgehead atoms. The number of hydrogen-bond acceptors (Lipinski definition) is 20. The SMILES string of the molecule is CCOC(=O)[C@]12CC(=O)[C@@H]3CC(Oc4nc5ccccc5nc4-c4cccs4)CN3C(=O)[C@@H](NC(=O)OC(C)(C)C)CCCCC/C=C\[C@@H]1C2.CCOC(=O)[C@]12CC(=O)[C@@H]3C[C@H](O)CN3C(=O)[C@@H](NC(=O)OC(C)(C)C)CCCCC/C=C\[C@@H]1C2.O=c1[nH]c2ccccc2nc1-c1cccs1. The van der Waals surface area contributed by atoms with Crippen molar-refractivity contribution in [3.63, 3.8) is 0 Å². The minimum absolute atomic E-state index is 0.0114. The fraction of sp³-hybridized carbons (Fsp3) is 0.526. The summed E-state index contributed by atoms with van der Waals surface area (Å²) in [6.45, 7) is 14.6. The molecule has 4 N–H and O–H groups in total. The van der Waals surface area contributed by atoms with Crippen molar-refractivity contribution in [1.29, 1.82) is 0 Å². The lowest BCUT2D eigenvalue weighted by molar-refractivity contribution is -0.153. The predicted octanol–water partition coefficient (Wildman–Crippen LogP) is 12.2. The number of para-hydroxylation sites is 4. The molecule has 23 nitrogen and oxygen atoms in total. The van der Waals surface area contributed by atoms with Gasteiger partial charge < -0.3 is 54.2 Å². The van der Waals surface area contributed by atoms with Gasteiger partial charge >= 0.3 is 24.1 Å². The Bertz CT molecular complexity index is 4070. The zero-order valence-electron chi connectivity index (χ0n) is 58.9. The van der Waals surface area contributed by atoms with E-state index in [1.165, 1.54) is 32.5 Å². The molecule has 540 valence electrons. The summed E-state index contributed by atoms with van der Waals surface area (Å²) in [5.74, 6) is -1.89. The molecule has 8 heterocycles. The lowest BCUT2D eigenvalue weighted by Gasteiger charge is -2.30. The highest BCUT2D eigenvalue weighted by Gasteiger charge is 2.63. The normalized spacial score (nSPS) is 26.3. The van der Waals surface area contributed by atoms with Crippen LogP contribution in [0.5, 0.6) is 5.88 Å². The van der Waals surface area contributed by atoms with Crippen LogP contribution in [0.2, 0.25) is 0 Å². The number of alkyl carbamates (subject to hydrolysis) is 2. The van der Waals surface area contributed by atoms with Crippen LogP contribution >= 0.6 is 22.7 Å². The smallest absolute Gasteiger partial charge is 0.408 e. The van der Waals surface area contributed by atoms with Crippen LogP contribution in [0, 0.1) is 22.7 Å². The Hall–Kier alpha value is -8.68. The van der Waals surface area contributed by atoms with E-state index in [0.29, 0.717) is 61.3 Å². The van der Waals surface area contributed by atoms with Crippen LogP contribution < -0.4 is 20.9 Å². The maximum atomic E-state index is 14.5. The number of carbonyl (C=O) groups excluding carboxylic acids is 8. The highest BCUT2D eigenvalue weighted by molar-refractivity contribution is 7.13. The van der Waals surface area contributed by atoms with Gasteiger partial charge in [0.05, 0.1) is 80.6 Å². The number of aromatic nitrogens is 4. The quantitative estimate of drug-likeness (QED) is 0.0563. The molecular formula is C76H94N8O15S2. The van der Waals surface area contributed by atoms with Crippen LogP contribution in [0.3, 0.4) is 0 Å². The van der Waals surface area contributed by atoms with Crippen molar-refractivity contribution in [2.75, 3.05) is 26.3 Å². The molecule has 101 heavy (non-hydrogen) atoms. The summed E-state index contributed by atoms with van der Waals surface area (Å²) in [7, 11) is 0. The molecule has 6 aromatic rings. The Morgan fingerprint density at radius 3 is 1.57 bits per heavy atom. The summed E-state index contributed by atoms with van der Waals surface area (Å²) >= 11 is 3.03. The number of aliphatic hydroxyl groups is 1. The Kier molecular flexibility index (Phi) is 24.5. The third kappa shape index (κ3) is 19.1. The van der Waals surface area contributed by atoms with Crippen molar-refractivity contribution in [3.8, 4) is 27.0 Å². The number of allylic oxidation sites excluding steroid dienone is 4. The average molecular weight is 1420 g/mol. The number of nitrogens with zero attached hydrogens (tertiary/aromatic N) is 5. The van der Waals surface area contributed by atoms with E-state index in [1.807, 2.05) is 95.7 Å². The number of thiophene rings is 2. The number of aromatic amines is 1. The Morgan fingerprint density at radius 1 is 0.594 bits per heavy atom. The summed E-state index contributed by atoms with van der Waals surface area (Å²) in [5.41, 5.74) is 0.571. The number of fused-ring (bicyclic) bond motifs is 6. The number of rotatable bonds is 10. The second-order valence-corrected chi connectivity index (χ2v) is 30.7. The van der Waals surface area contributed by atoms with Gasteiger partial charge in [-0.05, 0) is 166 Å². The minimum Gasteiger partial charge on any atom is -0.471 e. The Balaban J connectivity index is 0.000000185. The number of esters is 2. The Morgan fingerprint density at radius 2 is 1.07 bits per heavy atom. The molecule has 25 heteroatoms. The minimum atomic E-state index is -0.957. The number of nitrogens with one attached hydrogen (secondary N) is 3. The van der Waals surface area contributed by atoms with Gasteiger partial charge in [0, 0.05) is 32.2 Å². The lowest BCUT2D eigenvalue weighted by Crippen LogP contribution is -2.52. The zero-order chi connectivity index (χ0) is 72.2. The maximum absolute atomic E-state index is 14.5. The third-order valence-corrected chi connectivity index (χ3v) is 20.6. The molecule has 2 aliphatic carbocycles. The number of aliphatic hydroxyl groups excluding tert-OH is 1. The van der Waals surface area contributed by atoms with Crippen molar-refractivity contribution >= 4 is 92.2 Å². The molecule has 2 aromatic carbocycles. The number of carbonyl (C=O) groups is 8. The largest absolute Gasteiger partial charge is 0.471 e.